The van der Waals surface area contributed by atoms with E-state index in [4.69, 9.17) is 5.11 Å². The molecule has 1 heterocycles. The number of nitrogens with one attached hydrogen (secondary N) is 1. The first-order valence-corrected chi connectivity index (χ1v) is 5.13. The van der Waals surface area contributed by atoms with E-state index in [1.54, 1.807) is 0 Å². The topological polar surface area (TPSA) is 35.5 Å². The highest BCUT2D eigenvalue weighted by molar-refractivity contribution is 4.87. The molecule has 0 aliphatic carbocycles. The van der Waals surface area contributed by atoms with Crippen LogP contribution in [0, 0.1) is 0 Å². The third-order valence-electron chi connectivity index (χ3n) is 2.68. The molecule has 1 saturated heterocycles. The highest BCUT2D eigenvalue weighted by Gasteiger charge is 2.29. The minimum absolute atomic E-state index is 0.242. The standard InChI is InChI=1S/C10H22N2O/c1-10(2,3)12-6-4-9(8-12)11-5-7-13/h9,11,13H,4-8H2,1-3H3. The average Bonchev–Trinajstić information content (AvgIpc) is 2.47. The summed E-state index contributed by atoms with van der Waals surface area (Å²) in [5, 5.41) is 12.0. The molecule has 1 fully saturated rings. The summed E-state index contributed by atoms with van der Waals surface area (Å²) in [5.74, 6) is 0. The molecule has 1 aliphatic rings. The number of hydrogen-bond acceptors (Lipinski definition) is 3. The number of hydrogen-bond donors (Lipinski definition) is 2. The fourth-order valence-electron chi connectivity index (χ4n) is 1.80. The summed E-state index contributed by atoms with van der Waals surface area (Å²) >= 11 is 0. The Hall–Kier alpha value is -0.120. The van der Waals surface area contributed by atoms with Gasteiger partial charge in [-0.3, -0.25) is 4.90 Å². The second-order valence-electron chi connectivity index (χ2n) is 4.78. The summed E-state index contributed by atoms with van der Waals surface area (Å²) in [6, 6.07) is 0.575. The van der Waals surface area contributed by atoms with Crippen LogP contribution in [-0.2, 0) is 0 Å². The SMILES string of the molecule is CC(C)(C)N1CCC(NCCO)C1. The third kappa shape index (κ3) is 3.25. The molecule has 1 atom stereocenters. The molecular weight excluding hydrogens is 164 g/mol. The maximum atomic E-state index is 8.68. The van der Waals surface area contributed by atoms with Crippen LogP contribution in [0.5, 0.6) is 0 Å². The van der Waals surface area contributed by atoms with Gasteiger partial charge in [-0.1, -0.05) is 0 Å². The van der Waals surface area contributed by atoms with Crippen LogP contribution >= 0.6 is 0 Å². The summed E-state index contributed by atoms with van der Waals surface area (Å²) in [6.45, 7) is 10.0. The molecule has 0 spiro atoms. The quantitative estimate of drug-likeness (QED) is 0.671. The van der Waals surface area contributed by atoms with E-state index in [0.29, 0.717) is 6.04 Å². The Morgan fingerprint density at radius 3 is 2.62 bits per heavy atom. The molecule has 3 nitrogen and oxygen atoms in total. The van der Waals surface area contributed by atoms with E-state index in [0.717, 1.165) is 13.1 Å². The number of aliphatic hydroxyl groups is 1. The van der Waals surface area contributed by atoms with Gasteiger partial charge in [-0.2, -0.15) is 0 Å². The Bertz CT molecular complexity index is 153. The van der Waals surface area contributed by atoms with Crippen molar-refractivity contribution in [1.29, 1.82) is 0 Å². The lowest BCUT2D eigenvalue weighted by atomic mass is 10.1. The van der Waals surface area contributed by atoms with Crippen LogP contribution in [0.1, 0.15) is 27.2 Å². The number of likely N-dealkylation sites (tertiary alicyclic amines) is 1. The van der Waals surface area contributed by atoms with Gasteiger partial charge in [0.1, 0.15) is 0 Å². The Morgan fingerprint density at radius 2 is 2.15 bits per heavy atom. The van der Waals surface area contributed by atoms with E-state index >= 15 is 0 Å². The van der Waals surface area contributed by atoms with Crippen LogP contribution in [0.15, 0.2) is 0 Å². The molecule has 0 radical (unpaired) electrons. The highest BCUT2D eigenvalue weighted by Crippen LogP contribution is 2.20. The van der Waals surface area contributed by atoms with Crippen molar-refractivity contribution in [2.24, 2.45) is 0 Å². The van der Waals surface area contributed by atoms with Gasteiger partial charge in [0, 0.05) is 31.2 Å². The largest absolute Gasteiger partial charge is 0.395 e. The van der Waals surface area contributed by atoms with E-state index in [1.807, 2.05) is 0 Å². The van der Waals surface area contributed by atoms with E-state index in [1.165, 1.54) is 13.0 Å². The first kappa shape index (κ1) is 11.0. The van der Waals surface area contributed by atoms with Crippen LogP contribution in [0.4, 0.5) is 0 Å². The Labute approximate surface area is 81.1 Å². The van der Waals surface area contributed by atoms with Crippen molar-refractivity contribution in [3.63, 3.8) is 0 Å². The van der Waals surface area contributed by atoms with Crippen LogP contribution in [0.25, 0.3) is 0 Å². The lowest BCUT2D eigenvalue weighted by molar-refractivity contribution is 0.170. The molecule has 0 saturated carbocycles. The first-order valence-electron chi connectivity index (χ1n) is 5.13. The summed E-state index contributed by atoms with van der Waals surface area (Å²) in [5.41, 5.74) is 0.287. The van der Waals surface area contributed by atoms with Crippen LogP contribution in [-0.4, -0.2) is 47.8 Å². The highest BCUT2D eigenvalue weighted by atomic mass is 16.3. The molecule has 2 N–H and O–H groups in total. The number of aliphatic hydroxyl groups excluding tert-OH is 1. The molecule has 3 heteroatoms. The predicted octanol–water partition coefficient (Wildman–Crippen LogP) is 0.441. The zero-order valence-corrected chi connectivity index (χ0v) is 9.01. The van der Waals surface area contributed by atoms with Crippen molar-refractivity contribution < 1.29 is 5.11 Å². The summed E-state index contributed by atoms with van der Waals surface area (Å²) in [6.07, 6.45) is 1.21. The summed E-state index contributed by atoms with van der Waals surface area (Å²) in [7, 11) is 0. The van der Waals surface area contributed by atoms with Gasteiger partial charge in [-0.15, -0.1) is 0 Å². The smallest absolute Gasteiger partial charge is 0.0556 e. The molecule has 0 aromatic carbocycles. The first-order chi connectivity index (χ1) is 6.04. The molecule has 1 aliphatic heterocycles. The fraction of sp³-hybridized carbons (Fsp3) is 1.00. The van der Waals surface area contributed by atoms with Crippen LogP contribution in [0.3, 0.4) is 0 Å². The van der Waals surface area contributed by atoms with Crippen LogP contribution in [0.2, 0.25) is 0 Å². The summed E-state index contributed by atoms with van der Waals surface area (Å²) in [4.78, 5) is 2.49. The Morgan fingerprint density at radius 1 is 1.46 bits per heavy atom. The van der Waals surface area contributed by atoms with Gasteiger partial charge in [0.2, 0.25) is 0 Å². The average molecular weight is 186 g/mol. The fourth-order valence-corrected chi connectivity index (χ4v) is 1.80. The Balaban J connectivity index is 2.28. The van der Waals surface area contributed by atoms with Gasteiger partial charge in [-0.05, 0) is 27.2 Å². The minimum Gasteiger partial charge on any atom is -0.395 e. The number of nitrogens with zero attached hydrogens (tertiary/aromatic N) is 1. The van der Waals surface area contributed by atoms with Crippen molar-refractivity contribution in [3.05, 3.63) is 0 Å². The van der Waals surface area contributed by atoms with Crippen LogP contribution < -0.4 is 5.32 Å². The zero-order chi connectivity index (χ0) is 9.90. The van der Waals surface area contributed by atoms with Crippen molar-refractivity contribution in [2.75, 3.05) is 26.2 Å². The number of rotatable bonds is 3. The second kappa shape index (κ2) is 4.40. The molecule has 78 valence electrons. The Kier molecular flexibility index (Phi) is 3.71. The molecular formula is C10H22N2O. The monoisotopic (exact) mass is 186 g/mol. The lowest BCUT2D eigenvalue weighted by Crippen LogP contribution is -2.42. The van der Waals surface area contributed by atoms with Gasteiger partial charge in [0.15, 0.2) is 0 Å². The van der Waals surface area contributed by atoms with E-state index in [2.05, 4.69) is 31.0 Å². The van der Waals surface area contributed by atoms with Gasteiger partial charge in [0.25, 0.3) is 0 Å². The minimum atomic E-state index is 0.242. The van der Waals surface area contributed by atoms with Gasteiger partial charge in [0.05, 0.1) is 6.61 Å². The van der Waals surface area contributed by atoms with Gasteiger partial charge in [-0.25, -0.2) is 0 Å². The molecule has 1 unspecified atom stereocenters. The maximum Gasteiger partial charge on any atom is 0.0556 e. The molecule has 13 heavy (non-hydrogen) atoms. The molecule has 0 aromatic heterocycles. The third-order valence-corrected chi connectivity index (χ3v) is 2.68. The van der Waals surface area contributed by atoms with E-state index < -0.39 is 0 Å². The zero-order valence-electron chi connectivity index (χ0n) is 9.01. The maximum absolute atomic E-state index is 8.68. The van der Waals surface area contributed by atoms with Gasteiger partial charge < -0.3 is 10.4 Å². The van der Waals surface area contributed by atoms with Crippen molar-refractivity contribution in [3.8, 4) is 0 Å². The lowest BCUT2D eigenvalue weighted by Gasteiger charge is -2.31. The molecule has 0 bridgehead atoms. The predicted molar refractivity (Wildman–Crippen MR) is 54.8 cm³/mol. The summed E-state index contributed by atoms with van der Waals surface area (Å²) < 4.78 is 0. The van der Waals surface area contributed by atoms with Crippen molar-refractivity contribution in [1.82, 2.24) is 10.2 Å². The normalized spacial score (nSPS) is 25.4. The molecule has 1 rings (SSSR count). The van der Waals surface area contributed by atoms with Gasteiger partial charge >= 0.3 is 0 Å². The van der Waals surface area contributed by atoms with Crippen molar-refractivity contribution >= 4 is 0 Å². The van der Waals surface area contributed by atoms with E-state index in [-0.39, 0.29) is 12.1 Å². The molecule has 0 amide bonds. The van der Waals surface area contributed by atoms with Crippen molar-refractivity contribution in [2.45, 2.75) is 38.8 Å². The van der Waals surface area contributed by atoms with E-state index in [9.17, 15) is 0 Å². The second-order valence-corrected chi connectivity index (χ2v) is 4.78. The molecule has 0 aromatic rings.